The number of oxime groups is 1. The number of carboxylic acids is 1. The van der Waals surface area contributed by atoms with Crippen LogP contribution in [0.25, 0.3) is 10.2 Å². The summed E-state index contributed by atoms with van der Waals surface area (Å²) in [4.78, 5) is 61.5. The third-order valence-corrected chi connectivity index (χ3v) is 8.98. The molecule has 0 aliphatic carbocycles. The second kappa shape index (κ2) is 11.6. The van der Waals surface area contributed by atoms with E-state index in [1.807, 2.05) is 34.3 Å². The SMILES string of the molecule is CCOC(=O)CON=C(C(=O)NC1C(=O)N2C(C(=O)O)=C(C[n+]3cccc4ccsc43)CS[C@H]12)c1csc(N)n1. The lowest BCUT2D eigenvalue weighted by molar-refractivity contribution is -0.661. The number of carboxylic acid groups (broad SMARTS) is 1. The number of nitrogens with one attached hydrogen (secondary N) is 1. The molecular formula is C24H23N6O7S3+. The normalized spacial score (nSPS) is 18.8. The number of carbonyl (C=O) groups is 4. The van der Waals surface area contributed by atoms with Crippen molar-refractivity contribution >= 4 is 79.2 Å². The molecule has 40 heavy (non-hydrogen) atoms. The number of aliphatic carboxylic acids is 1. The molecule has 1 unspecified atom stereocenters. The van der Waals surface area contributed by atoms with Gasteiger partial charge in [0.1, 0.15) is 22.8 Å². The average molecular weight is 604 g/mol. The first-order chi connectivity index (χ1) is 19.3. The first-order valence-electron chi connectivity index (χ1n) is 11.9. The summed E-state index contributed by atoms with van der Waals surface area (Å²) in [6, 6.07) is 4.85. The Morgan fingerprint density at radius 3 is 2.88 bits per heavy atom. The van der Waals surface area contributed by atoms with Gasteiger partial charge in [0.2, 0.25) is 6.61 Å². The molecule has 4 N–H and O–H groups in total. The minimum absolute atomic E-state index is 0.0840. The van der Waals surface area contributed by atoms with Gasteiger partial charge in [0.15, 0.2) is 23.6 Å². The highest BCUT2D eigenvalue weighted by molar-refractivity contribution is 8.00. The monoisotopic (exact) mass is 603 g/mol. The second-order valence-corrected chi connectivity index (χ2v) is 11.4. The van der Waals surface area contributed by atoms with Crippen molar-refractivity contribution in [2.75, 3.05) is 24.7 Å². The Hall–Kier alpha value is -4.02. The van der Waals surface area contributed by atoms with Crippen LogP contribution in [0, 0.1) is 0 Å². The number of pyridine rings is 1. The van der Waals surface area contributed by atoms with E-state index in [4.69, 9.17) is 15.3 Å². The largest absolute Gasteiger partial charge is 0.477 e. The average Bonchev–Trinajstić information content (AvgIpc) is 3.59. The molecule has 0 spiro atoms. The summed E-state index contributed by atoms with van der Waals surface area (Å²) >= 11 is 3.97. The Morgan fingerprint density at radius 2 is 2.15 bits per heavy atom. The van der Waals surface area contributed by atoms with Crippen LogP contribution in [0.3, 0.4) is 0 Å². The summed E-state index contributed by atoms with van der Waals surface area (Å²) in [6.07, 6.45) is 1.87. The van der Waals surface area contributed by atoms with Gasteiger partial charge in [-0.3, -0.25) is 14.5 Å². The zero-order chi connectivity index (χ0) is 28.4. The highest BCUT2D eigenvalue weighted by Gasteiger charge is 2.55. The van der Waals surface area contributed by atoms with Crippen LogP contribution in [0.5, 0.6) is 0 Å². The van der Waals surface area contributed by atoms with Crippen LogP contribution in [0.4, 0.5) is 5.13 Å². The molecule has 0 saturated carbocycles. The fourth-order valence-electron chi connectivity index (χ4n) is 4.29. The number of anilines is 1. The summed E-state index contributed by atoms with van der Waals surface area (Å²) in [6.45, 7) is 1.56. The topological polar surface area (TPSA) is 177 Å². The maximum Gasteiger partial charge on any atom is 0.352 e. The molecule has 5 rings (SSSR count). The van der Waals surface area contributed by atoms with Gasteiger partial charge in [-0.05, 0) is 24.4 Å². The van der Waals surface area contributed by atoms with Crippen LogP contribution in [-0.4, -0.2) is 74.8 Å². The maximum atomic E-state index is 13.2. The number of carbonyl (C=O) groups excluding carboxylic acids is 3. The lowest BCUT2D eigenvalue weighted by Gasteiger charge is -2.49. The van der Waals surface area contributed by atoms with E-state index in [9.17, 15) is 24.3 Å². The lowest BCUT2D eigenvalue weighted by Crippen LogP contribution is -2.71. The fraction of sp³-hybridized carbons (Fsp3) is 0.292. The number of nitrogen functional groups attached to an aromatic ring is 1. The van der Waals surface area contributed by atoms with Crippen molar-refractivity contribution in [1.82, 2.24) is 15.2 Å². The van der Waals surface area contributed by atoms with Gasteiger partial charge in [0.25, 0.3) is 16.6 Å². The number of β-lactam (4-membered cyclic amide) rings is 1. The second-order valence-electron chi connectivity index (χ2n) is 8.52. The molecule has 16 heteroatoms. The van der Waals surface area contributed by atoms with Gasteiger partial charge < -0.3 is 25.7 Å². The highest BCUT2D eigenvalue weighted by atomic mass is 32.2. The van der Waals surface area contributed by atoms with Gasteiger partial charge in [-0.25, -0.2) is 14.6 Å². The standard InChI is InChI=1S/C24H22N6O7S3/c1-2-36-15(31)9-37-28-16(14-11-40-24(25)26-14)19(32)27-17-20(33)30-18(23(34)35)13(10-39-22(17)30)8-29-6-3-4-12-5-7-38-21(12)29/h3-7,11,17,22H,2,8-10H2,1H3,(H3-,25,26,27,32,34,35)/p+1/t17?,22-/m1/s1. The number of aromatic nitrogens is 2. The van der Waals surface area contributed by atoms with Gasteiger partial charge in [-0.2, -0.15) is 4.57 Å². The van der Waals surface area contributed by atoms with Crippen LogP contribution in [0.1, 0.15) is 12.6 Å². The van der Waals surface area contributed by atoms with Crippen molar-refractivity contribution in [2.24, 2.45) is 5.16 Å². The third-order valence-electron chi connectivity index (χ3n) is 6.00. The number of esters is 1. The molecule has 2 aliphatic heterocycles. The number of thiazole rings is 1. The lowest BCUT2D eigenvalue weighted by atomic mass is 10.0. The molecule has 5 heterocycles. The van der Waals surface area contributed by atoms with Crippen molar-refractivity contribution in [2.45, 2.75) is 24.9 Å². The predicted octanol–water partition coefficient (Wildman–Crippen LogP) is 0.950. The molecule has 208 valence electrons. The minimum atomic E-state index is -1.22. The van der Waals surface area contributed by atoms with E-state index in [2.05, 4.69) is 15.5 Å². The van der Waals surface area contributed by atoms with Gasteiger partial charge >= 0.3 is 11.9 Å². The van der Waals surface area contributed by atoms with Crippen LogP contribution in [-0.2, 0) is 35.3 Å². The number of fused-ring (bicyclic) bond motifs is 2. The number of nitrogens with two attached hydrogens (primary N) is 1. The molecule has 3 aromatic heterocycles. The van der Waals surface area contributed by atoms with Crippen molar-refractivity contribution in [3.05, 3.63) is 52.1 Å². The molecule has 0 radical (unpaired) electrons. The number of hydrogen-bond acceptors (Lipinski definition) is 12. The number of rotatable bonds is 10. The molecule has 1 saturated heterocycles. The van der Waals surface area contributed by atoms with E-state index in [0.717, 1.165) is 21.6 Å². The van der Waals surface area contributed by atoms with Crippen LogP contribution in [0.2, 0.25) is 0 Å². The number of amides is 2. The van der Waals surface area contributed by atoms with Crippen LogP contribution in [0.15, 0.2) is 51.6 Å². The number of ether oxygens (including phenoxy) is 1. The zero-order valence-corrected chi connectivity index (χ0v) is 23.4. The third kappa shape index (κ3) is 5.37. The Balaban J connectivity index is 1.34. The fourth-order valence-corrected chi connectivity index (χ4v) is 7.05. The number of thiophene rings is 1. The molecule has 2 atom stereocenters. The summed E-state index contributed by atoms with van der Waals surface area (Å²) in [5.41, 5.74) is 6.00. The quantitative estimate of drug-likeness (QED) is 0.0994. The van der Waals surface area contributed by atoms with Crippen molar-refractivity contribution < 1.29 is 38.4 Å². The number of nitrogens with zero attached hydrogens (tertiary/aromatic N) is 4. The first-order valence-corrected chi connectivity index (χ1v) is 14.7. The van der Waals surface area contributed by atoms with Crippen molar-refractivity contribution in [3.63, 3.8) is 0 Å². The van der Waals surface area contributed by atoms with E-state index in [-0.39, 0.29) is 28.8 Å². The molecule has 1 fully saturated rings. The smallest absolute Gasteiger partial charge is 0.352 e. The Morgan fingerprint density at radius 1 is 1.32 bits per heavy atom. The molecule has 0 bridgehead atoms. The maximum absolute atomic E-state index is 13.2. The summed E-state index contributed by atoms with van der Waals surface area (Å²) in [7, 11) is 0. The van der Waals surface area contributed by atoms with Crippen molar-refractivity contribution in [3.8, 4) is 0 Å². The molecule has 13 nitrogen and oxygen atoms in total. The zero-order valence-electron chi connectivity index (χ0n) is 20.9. The molecule has 2 aliphatic rings. The predicted molar refractivity (Wildman–Crippen MR) is 147 cm³/mol. The first kappa shape index (κ1) is 27.5. The minimum Gasteiger partial charge on any atom is -0.477 e. The van der Waals surface area contributed by atoms with Gasteiger partial charge in [0.05, 0.1) is 12.0 Å². The Kier molecular flexibility index (Phi) is 7.99. The molecule has 3 aromatic rings. The van der Waals surface area contributed by atoms with Crippen LogP contribution >= 0.6 is 34.4 Å². The summed E-state index contributed by atoms with van der Waals surface area (Å²) in [5.74, 6) is -2.90. The highest BCUT2D eigenvalue weighted by Crippen LogP contribution is 2.40. The Labute approximate surface area is 239 Å². The van der Waals surface area contributed by atoms with E-state index in [1.165, 1.54) is 22.0 Å². The van der Waals surface area contributed by atoms with E-state index in [0.29, 0.717) is 17.9 Å². The molecular weight excluding hydrogens is 581 g/mol. The number of hydrogen-bond donors (Lipinski definition) is 3. The molecule has 0 aromatic carbocycles. The van der Waals surface area contributed by atoms with E-state index >= 15 is 0 Å². The van der Waals surface area contributed by atoms with E-state index < -0.39 is 41.8 Å². The van der Waals surface area contributed by atoms with E-state index in [1.54, 1.807) is 18.3 Å². The van der Waals surface area contributed by atoms with Crippen molar-refractivity contribution in [1.29, 1.82) is 0 Å². The van der Waals surface area contributed by atoms with Gasteiger partial charge in [0, 0.05) is 22.8 Å². The van der Waals surface area contributed by atoms with Gasteiger partial charge in [-0.15, -0.1) is 23.1 Å². The number of thioether (sulfide) groups is 1. The van der Waals surface area contributed by atoms with Gasteiger partial charge in [-0.1, -0.05) is 16.5 Å². The summed E-state index contributed by atoms with van der Waals surface area (Å²) < 4.78 is 6.74. The van der Waals surface area contributed by atoms with Crippen LogP contribution < -0.4 is 15.6 Å². The summed E-state index contributed by atoms with van der Waals surface area (Å²) in [5, 5.41) is 20.4. The molecule has 2 amide bonds. The Bertz CT molecular complexity index is 1560.